The van der Waals surface area contributed by atoms with Gasteiger partial charge in [0.25, 0.3) is 0 Å². The van der Waals surface area contributed by atoms with Gasteiger partial charge in [-0.3, -0.25) is 4.79 Å². The van der Waals surface area contributed by atoms with E-state index in [0.29, 0.717) is 25.2 Å². The Morgan fingerprint density at radius 2 is 1.75 bits per heavy atom. The number of carbonyl (C=O) groups is 2. The van der Waals surface area contributed by atoms with Crippen molar-refractivity contribution >= 4 is 23.6 Å². The van der Waals surface area contributed by atoms with Gasteiger partial charge in [0.15, 0.2) is 0 Å². The molecule has 0 aliphatic rings. The highest BCUT2D eigenvalue weighted by Crippen LogP contribution is 2.15. The third-order valence-electron chi connectivity index (χ3n) is 4.08. The van der Waals surface area contributed by atoms with Crippen LogP contribution in [0.1, 0.15) is 24.5 Å². The average Bonchev–Trinajstić information content (AvgIpc) is 2.72. The molecule has 0 fully saturated rings. The van der Waals surface area contributed by atoms with Gasteiger partial charge in [0, 0.05) is 24.3 Å². The maximum absolute atomic E-state index is 12.3. The second kappa shape index (κ2) is 12.1. The smallest absolute Gasteiger partial charge is 0.328 e. The van der Waals surface area contributed by atoms with Gasteiger partial charge in [-0.05, 0) is 30.2 Å². The van der Waals surface area contributed by atoms with Crippen LogP contribution < -0.4 is 10.1 Å². The van der Waals surface area contributed by atoms with Crippen molar-refractivity contribution in [1.82, 2.24) is 5.32 Å². The second-order valence-corrected chi connectivity index (χ2v) is 7.32. The van der Waals surface area contributed by atoms with Crippen molar-refractivity contribution in [1.29, 1.82) is 0 Å². The van der Waals surface area contributed by atoms with Crippen molar-refractivity contribution < 1.29 is 19.1 Å². The van der Waals surface area contributed by atoms with E-state index < -0.39 is 12.0 Å². The topological polar surface area (TPSA) is 64.6 Å². The molecule has 0 spiro atoms. The molecule has 0 radical (unpaired) electrons. The van der Waals surface area contributed by atoms with Crippen LogP contribution in [0.4, 0.5) is 0 Å². The van der Waals surface area contributed by atoms with E-state index in [4.69, 9.17) is 9.47 Å². The first-order valence-corrected chi connectivity index (χ1v) is 10.5. The Balaban J connectivity index is 1.81. The lowest BCUT2D eigenvalue weighted by Crippen LogP contribution is -2.43. The summed E-state index contributed by atoms with van der Waals surface area (Å²) in [6.45, 7) is 2.53. The van der Waals surface area contributed by atoms with E-state index in [-0.39, 0.29) is 5.91 Å². The maximum atomic E-state index is 12.3. The van der Waals surface area contributed by atoms with Gasteiger partial charge in [-0.15, -0.1) is 0 Å². The Hall–Kier alpha value is -2.47. The van der Waals surface area contributed by atoms with Crippen LogP contribution in [0.15, 0.2) is 54.6 Å². The number of amides is 1. The third kappa shape index (κ3) is 7.64. The van der Waals surface area contributed by atoms with Crippen LogP contribution in [-0.4, -0.2) is 37.4 Å². The Labute approximate surface area is 170 Å². The fraction of sp³-hybridized carbons (Fsp3) is 0.364. The van der Waals surface area contributed by atoms with Crippen molar-refractivity contribution in [2.24, 2.45) is 0 Å². The molecule has 6 heteroatoms. The molecule has 0 bridgehead atoms. The molecule has 0 aliphatic heterocycles. The molecule has 1 amide bonds. The monoisotopic (exact) mass is 401 g/mol. The first-order valence-electron chi connectivity index (χ1n) is 9.33. The molecule has 1 N–H and O–H groups in total. The number of thioether (sulfide) groups is 1. The first kappa shape index (κ1) is 21.8. The Morgan fingerprint density at radius 3 is 2.39 bits per heavy atom. The number of hydrogen-bond acceptors (Lipinski definition) is 5. The summed E-state index contributed by atoms with van der Waals surface area (Å²) in [7, 11) is 1.33. The fourth-order valence-electron chi connectivity index (χ4n) is 2.66. The minimum atomic E-state index is -0.699. The zero-order chi connectivity index (χ0) is 20.2. The molecular formula is C22H27NO4S. The van der Waals surface area contributed by atoms with Crippen LogP contribution in [-0.2, 0) is 26.5 Å². The van der Waals surface area contributed by atoms with Crippen LogP contribution >= 0.6 is 11.8 Å². The second-order valence-electron chi connectivity index (χ2n) is 6.21. The lowest BCUT2D eigenvalue weighted by atomic mass is 10.1. The molecule has 0 aliphatic carbocycles. The van der Waals surface area contributed by atoms with Crippen LogP contribution in [0.25, 0.3) is 0 Å². The standard InChI is InChI=1S/C22H27NO4S/c1-3-27-19-11-9-17(10-12-19)15-20(22(25)26-2)23-21(24)13-14-28-16-18-7-5-4-6-8-18/h4-12,20H,3,13-16H2,1-2H3,(H,23,24). The maximum Gasteiger partial charge on any atom is 0.328 e. The van der Waals surface area contributed by atoms with Crippen LogP contribution in [0.2, 0.25) is 0 Å². The molecule has 0 heterocycles. The van der Waals surface area contributed by atoms with E-state index >= 15 is 0 Å². The van der Waals surface area contributed by atoms with Gasteiger partial charge in [0.2, 0.25) is 5.91 Å². The SMILES string of the molecule is CCOc1ccc(CC(NC(=O)CCSCc2ccccc2)C(=O)OC)cc1. The minimum absolute atomic E-state index is 0.151. The van der Waals surface area contributed by atoms with Crippen molar-refractivity contribution in [2.75, 3.05) is 19.5 Å². The molecule has 2 aromatic carbocycles. The van der Waals surface area contributed by atoms with Gasteiger partial charge in [-0.1, -0.05) is 42.5 Å². The summed E-state index contributed by atoms with van der Waals surface area (Å²) in [5, 5.41) is 2.80. The number of carbonyl (C=O) groups excluding carboxylic acids is 2. The molecule has 1 unspecified atom stereocenters. The summed E-state index contributed by atoms with van der Waals surface area (Å²) in [6, 6.07) is 16.9. The van der Waals surface area contributed by atoms with Gasteiger partial charge in [-0.2, -0.15) is 11.8 Å². The molecule has 0 saturated carbocycles. The minimum Gasteiger partial charge on any atom is -0.494 e. The van der Waals surface area contributed by atoms with Crippen LogP contribution in [0.5, 0.6) is 5.75 Å². The highest BCUT2D eigenvalue weighted by atomic mass is 32.2. The molecule has 150 valence electrons. The summed E-state index contributed by atoms with van der Waals surface area (Å²) in [5.41, 5.74) is 2.16. The number of benzene rings is 2. The van der Waals surface area contributed by atoms with Crippen LogP contribution in [0, 0.1) is 0 Å². The van der Waals surface area contributed by atoms with Crippen molar-refractivity contribution in [3.63, 3.8) is 0 Å². The molecule has 2 aromatic rings. The quantitative estimate of drug-likeness (QED) is 0.460. The van der Waals surface area contributed by atoms with Crippen molar-refractivity contribution in [2.45, 2.75) is 31.6 Å². The zero-order valence-corrected chi connectivity index (χ0v) is 17.2. The summed E-state index contributed by atoms with van der Waals surface area (Å²) in [5.74, 6) is 1.74. The molecule has 1 atom stereocenters. The van der Waals surface area contributed by atoms with Gasteiger partial charge in [0.1, 0.15) is 11.8 Å². The number of hydrogen-bond donors (Lipinski definition) is 1. The number of rotatable bonds is 11. The first-order chi connectivity index (χ1) is 13.6. The Kier molecular flexibility index (Phi) is 9.42. The highest BCUT2D eigenvalue weighted by molar-refractivity contribution is 7.98. The largest absolute Gasteiger partial charge is 0.494 e. The van der Waals surface area contributed by atoms with Crippen molar-refractivity contribution in [3.8, 4) is 5.75 Å². The normalized spacial score (nSPS) is 11.5. The van der Waals surface area contributed by atoms with Crippen LogP contribution in [0.3, 0.4) is 0 Å². The van der Waals surface area contributed by atoms with Gasteiger partial charge < -0.3 is 14.8 Å². The summed E-state index contributed by atoms with van der Waals surface area (Å²) in [4.78, 5) is 24.3. The molecular weight excluding hydrogens is 374 g/mol. The van der Waals surface area contributed by atoms with Gasteiger partial charge in [0.05, 0.1) is 13.7 Å². The average molecular weight is 402 g/mol. The van der Waals surface area contributed by atoms with E-state index in [1.165, 1.54) is 12.7 Å². The van der Waals surface area contributed by atoms with E-state index in [2.05, 4.69) is 17.4 Å². The summed E-state index contributed by atoms with van der Waals surface area (Å²) >= 11 is 1.70. The third-order valence-corrected chi connectivity index (χ3v) is 5.11. The predicted molar refractivity (Wildman–Crippen MR) is 112 cm³/mol. The van der Waals surface area contributed by atoms with Gasteiger partial charge in [-0.25, -0.2) is 4.79 Å². The molecule has 0 saturated heterocycles. The van der Waals surface area contributed by atoms with E-state index in [0.717, 1.165) is 17.1 Å². The summed E-state index contributed by atoms with van der Waals surface area (Å²) in [6.07, 6.45) is 0.732. The lowest BCUT2D eigenvalue weighted by Gasteiger charge is -2.17. The molecule has 0 aromatic heterocycles. The predicted octanol–water partition coefficient (Wildman–Crippen LogP) is 3.61. The number of methoxy groups -OCH3 is 1. The molecule has 2 rings (SSSR count). The van der Waals surface area contributed by atoms with E-state index in [1.807, 2.05) is 49.4 Å². The molecule has 5 nitrogen and oxygen atoms in total. The van der Waals surface area contributed by atoms with E-state index in [9.17, 15) is 9.59 Å². The van der Waals surface area contributed by atoms with E-state index in [1.54, 1.807) is 11.8 Å². The Morgan fingerprint density at radius 1 is 1.04 bits per heavy atom. The number of ether oxygens (including phenoxy) is 2. The Bertz CT molecular complexity index is 734. The number of esters is 1. The van der Waals surface area contributed by atoms with Gasteiger partial charge >= 0.3 is 5.97 Å². The summed E-state index contributed by atoms with van der Waals surface area (Å²) < 4.78 is 10.3. The lowest BCUT2D eigenvalue weighted by molar-refractivity contribution is -0.145. The molecule has 28 heavy (non-hydrogen) atoms. The number of nitrogens with one attached hydrogen (secondary N) is 1. The zero-order valence-electron chi connectivity index (χ0n) is 16.4. The fourth-order valence-corrected chi connectivity index (χ4v) is 3.56. The van der Waals surface area contributed by atoms with Crippen molar-refractivity contribution in [3.05, 3.63) is 65.7 Å². The highest BCUT2D eigenvalue weighted by Gasteiger charge is 2.21.